The molecule has 0 unspecified atom stereocenters. The molecule has 0 aliphatic heterocycles. The number of rotatable bonds is 6. The van der Waals surface area contributed by atoms with Gasteiger partial charge in [0.1, 0.15) is 36.2 Å². The molecule has 0 aliphatic rings. The van der Waals surface area contributed by atoms with Crippen LogP contribution in [0.1, 0.15) is 11.4 Å². The Hall–Kier alpha value is -3.29. The van der Waals surface area contributed by atoms with Gasteiger partial charge in [0, 0.05) is 11.8 Å². The van der Waals surface area contributed by atoms with Crippen LogP contribution in [-0.4, -0.2) is 25.9 Å². The minimum Gasteiger partial charge on any atom is -0.487 e. The molecule has 8 heteroatoms. The summed E-state index contributed by atoms with van der Waals surface area (Å²) in [4.78, 5) is 16.2. The Morgan fingerprint density at radius 2 is 2.12 bits per heavy atom. The summed E-state index contributed by atoms with van der Waals surface area (Å²) < 4.78 is 19.9. The lowest BCUT2D eigenvalue weighted by Crippen LogP contribution is -2.19. The fourth-order valence-corrected chi connectivity index (χ4v) is 2.14. The Balaban J connectivity index is 1.53. The molecular weight excluding hydrogens is 325 g/mol. The number of pyridine rings is 1. The van der Waals surface area contributed by atoms with Crippen LogP contribution in [0.25, 0.3) is 0 Å². The zero-order chi connectivity index (χ0) is 17.6. The van der Waals surface area contributed by atoms with Gasteiger partial charge in [-0.25, -0.2) is 14.1 Å². The Morgan fingerprint density at radius 1 is 1.28 bits per heavy atom. The average molecular weight is 341 g/mol. The molecule has 0 radical (unpaired) electrons. The van der Waals surface area contributed by atoms with Gasteiger partial charge in [-0.2, -0.15) is 0 Å². The second kappa shape index (κ2) is 7.52. The first-order valence-electron chi connectivity index (χ1n) is 7.59. The van der Waals surface area contributed by atoms with Crippen LogP contribution in [0.15, 0.2) is 48.7 Å². The number of ether oxygens (including phenoxy) is 1. The van der Waals surface area contributed by atoms with Crippen molar-refractivity contribution in [1.82, 2.24) is 20.0 Å². The normalized spacial score (nSPS) is 10.5. The molecule has 1 N–H and O–H groups in total. The maximum Gasteiger partial charge on any atom is 0.247 e. The van der Waals surface area contributed by atoms with Crippen LogP contribution in [-0.2, 0) is 17.9 Å². The third-order valence-corrected chi connectivity index (χ3v) is 3.23. The minimum atomic E-state index is -0.373. The molecule has 128 valence electrons. The summed E-state index contributed by atoms with van der Waals surface area (Å²) in [7, 11) is 0. The number of amides is 1. The predicted octanol–water partition coefficient (Wildman–Crippen LogP) is 2.34. The van der Waals surface area contributed by atoms with E-state index >= 15 is 0 Å². The topological polar surface area (TPSA) is 81.9 Å². The molecule has 3 aromatic rings. The number of aryl methyl sites for hydroxylation is 1. The lowest BCUT2D eigenvalue weighted by atomic mass is 10.3. The third kappa shape index (κ3) is 4.84. The molecule has 0 bridgehead atoms. The fraction of sp³-hybridized carbons (Fsp3) is 0.176. The Bertz CT molecular complexity index is 881. The molecule has 0 spiro atoms. The highest BCUT2D eigenvalue weighted by molar-refractivity contribution is 5.89. The van der Waals surface area contributed by atoms with Crippen molar-refractivity contribution in [1.29, 1.82) is 0 Å². The number of hydrogen-bond donors (Lipinski definition) is 1. The summed E-state index contributed by atoms with van der Waals surface area (Å²) in [5.74, 6) is 0.251. The van der Waals surface area contributed by atoms with Crippen LogP contribution >= 0.6 is 0 Å². The molecule has 0 fully saturated rings. The molecule has 1 amide bonds. The van der Waals surface area contributed by atoms with E-state index in [4.69, 9.17) is 4.74 Å². The summed E-state index contributed by atoms with van der Waals surface area (Å²) in [5, 5.41) is 10.5. The standard InChI is InChI=1S/C17H16FN5O2/c1-12-4-2-7-16(19-12)20-17(24)10-23-9-14(21-22-23)11-25-15-6-3-5-13(18)8-15/h2-9H,10-11H2,1H3,(H,19,20,24). The van der Waals surface area contributed by atoms with Crippen LogP contribution < -0.4 is 10.1 Å². The molecule has 1 aromatic carbocycles. The average Bonchev–Trinajstić information content (AvgIpc) is 3.00. The summed E-state index contributed by atoms with van der Waals surface area (Å²) in [5.41, 5.74) is 1.35. The Morgan fingerprint density at radius 3 is 2.92 bits per heavy atom. The van der Waals surface area contributed by atoms with E-state index in [0.717, 1.165) is 5.69 Å². The highest BCUT2D eigenvalue weighted by Crippen LogP contribution is 2.13. The fourth-order valence-electron chi connectivity index (χ4n) is 2.14. The molecule has 0 atom stereocenters. The number of carbonyl (C=O) groups is 1. The first kappa shape index (κ1) is 16.6. The number of hydrogen-bond acceptors (Lipinski definition) is 5. The van der Waals surface area contributed by atoms with Gasteiger partial charge in [-0.1, -0.05) is 17.3 Å². The van der Waals surface area contributed by atoms with E-state index in [0.29, 0.717) is 17.3 Å². The molecular formula is C17H16FN5O2. The van der Waals surface area contributed by atoms with Gasteiger partial charge < -0.3 is 10.1 Å². The molecule has 25 heavy (non-hydrogen) atoms. The van der Waals surface area contributed by atoms with Gasteiger partial charge in [-0.3, -0.25) is 4.79 Å². The smallest absolute Gasteiger partial charge is 0.247 e. The summed E-state index contributed by atoms with van der Waals surface area (Å²) >= 11 is 0. The molecule has 0 saturated carbocycles. The van der Waals surface area contributed by atoms with Crippen LogP contribution in [0.4, 0.5) is 10.2 Å². The van der Waals surface area contributed by atoms with E-state index in [1.807, 2.05) is 19.1 Å². The van der Waals surface area contributed by atoms with Gasteiger partial charge in [0.15, 0.2) is 0 Å². The van der Waals surface area contributed by atoms with E-state index in [2.05, 4.69) is 20.6 Å². The molecule has 7 nitrogen and oxygen atoms in total. The number of nitrogens with zero attached hydrogens (tertiary/aromatic N) is 4. The maximum atomic E-state index is 13.1. The van der Waals surface area contributed by atoms with Crippen molar-refractivity contribution in [3.8, 4) is 5.75 Å². The number of nitrogens with one attached hydrogen (secondary N) is 1. The van der Waals surface area contributed by atoms with Crippen molar-refractivity contribution in [2.45, 2.75) is 20.1 Å². The van der Waals surface area contributed by atoms with E-state index in [1.54, 1.807) is 24.4 Å². The first-order valence-corrected chi connectivity index (χ1v) is 7.59. The number of halogens is 1. The van der Waals surface area contributed by atoms with Gasteiger partial charge in [0.2, 0.25) is 5.91 Å². The van der Waals surface area contributed by atoms with Crippen LogP contribution in [0.5, 0.6) is 5.75 Å². The van der Waals surface area contributed by atoms with Crippen molar-refractivity contribution in [3.05, 3.63) is 65.9 Å². The maximum absolute atomic E-state index is 13.1. The van der Waals surface area contributed by atoms with Crippen LogP contribution in [0, 0.1) is 12.7 Å². The first-order chi connectivity index (χ1) is 12.1. The van der Waals surface area contributed by atoms with E-state index < -0.39 is 0 Å². The van der Waals surface area contributed by atoms with Crippen molar-refractivity contribution < 1.29 is 13.9 Å². The van der Waals surface area contributed by atoms with Gasteiger partial charge >= 0.3 is 0 Å². The number of anilines is 1. The van der Waals surface area contributed by atoms with Crippen molar-refractivity contribution in [2.24, 2.45) is 0 Å². The van der Waals surface area contributed by atoms with Crippen molar-refractivity contribution in [3.63, 3.8) is 0 Å². The van der Waals surface area contributed by atoms with E-state index in [-0.39, 0.29) is 24.9 Å². The third-order valence-electron chi connectivity index (χ3n) is 3.23. The highest BCUT2D eigenvalue weighted by Gasteiger charge is 2.08. The molecule has 0 saturated heterocycles. The van der Waals surface area contributed by atoms with E-state index in [9.17, 15) is 9.18 Å². The largest absolute Gasteiger partial charge is 0.487 e. The molecule has 3 rings (SSSR count). The Kier molecular flexibility index (Phi) is 4.98. The molecule has 0 aliphatic carbocycles. The number of aromatic nitrogens is 4. The van der Waals surface area contributed by atoms with Crippen LogP contribution in [0.3, 0.4) is 0 Å². The summed E-state index contributed by atoms with van der Waals surface area (Å²) in [6, 6.07) is 11.2. The summed E-state index contributed by atoms with van der Waals surface area (Å²) in [6.45, 7) is 1.98. The van der Waals surface area contributed by atoms with E-state index in [1.165, 1.54) is 16.8 Å². The molecule has 2 heterocycles. The SMILES string of the molecule is Cc1cccc(NC(=O)Cn2cc(COc3cccc(F)c3)nn2)n1. The second-order valence-corrected chi connectivity index (χ2v) is 5.37. The lowest BCUT2D eigenvalue weighted by molar-refractivity contribution is -0.116. The second-order valence-electron chi connectivity index (χ2n) is 5.37. The van der Waals surface area contributed by atoms with Gasteiger partial charge in [-0.15, -0.1) is 5.10 Å². The Labute approximate surface area is 143 Å². The predicted molar refractivity (Wildman–Crippen MR) is 88.4 cm³/mol. The van der Waals surface area contributed by atoms with Gasteiger partial charge in [-0.05, 0) is 31.2 Å². The lowest BCUT2D eigenvalue weighted by Gasteiger charge is -2.04. The number of benzene rings is 1. The zero-order valence-corrected chi connectivity index (χ0v) is 13.5. The van der Waals surface area contributed by atoms with Crippen LogP contribution in [0.2, 0.25) is 0 Å². The summed E-state index contributed by atoms with van der Waals surface area (Å²) in [6.07, 6.45) is 1.60. The quantitative estimate of drug-likeness (QED) is 0.744. The van der Waals surface area contributed by atoms with Gasteiger partial charge in [0.25, 0.3) is 0 Å². The molecule has 2 aromatic heterocycles. The minimum absolute atomic E-state index is 0.00257. The zero-order valence-electron chi connectivity index (χ0n) is 13.5. The number of carbonyl (C=O) groups excluding carboxylic acids is 1. The van der Waals surface area contributed by atoms with Gasteiger partial charge in [0.05, 0.1) is 6.20 Å². The van der Waals surface area contributed by atoms with Crippen molar-refractivity contribution >= 4 is 11.7 Å². The highest BCUT2D eigenvalue weighted by atomic mass is 19.1. The monoisotopic (exact) mass is 341 g/mol. The van der Waals surface area contributed by atoms with Crippen molar-refractivity contribution in [2.75, 3.05) is 5.32 Å².